The third-order valence-electron chi connectivity index (χ3n) is 2.30. The minimum atomic E-state index is 0.392. The van der Waals surface area contributed by atoms with E-state index in [0.717, 1.165) is 18.5 Å². The van der Waals surface area contributed by atoms with Crippen molar-refractivity contribution in [3.63, 3.8) is 0 Å². The van der Waals surface area contributed by atoms with Crippen LogP contribution in [0.4, 0.5) is 0 Å². The molecule has 0 unspecified atom stereocenters. The van der Waals surface area contributed by atoms with Gasteiger partial charge in [0.25, 0.3) is 0 Å². The van der Waals surface area contributed by atoms with Crippen LogP contribution in [0.5, 0.6) is 11.6 Å². The summed E-state index contributed by atoms with van der Waals surface area (Å²) in [6.07, 6.45) is 3.40. The Morgan fingerprint density at radius 1 is 1.28 bits per heavy atom. The van der Waals surface area contributed by atoms with Crippen LogP contribution < -0.4 is 4.74 Å². The van der Waals surface area contributed by atoms with Gasteiger partial charge in [0, 0.05) is 18.2 Å². The van der Waals surface area contributed by atoms with Gasteiger partial charge in [0.05, 0.1) is 6.20 Å². The van der Waals surface area contributed by atoms with Crippen molar-refractivity contribution in [3.8, 4) is 11.6 Å². The van der Waals surface area contributed by atoms with Gasteiger partial charge in [-0.3, -0.25) is 4.98 Å². The average Bonchev–Trinajstić information content (AvgIpc) is 2.32. The molecule has 5 heteroatoms. The Morgan fingerprint density at radius 2 is 2.11 bits per heavy atom. The summed E-state index contributed by atoms with van der Waals surface area (Å²) in [5, 5.41) is 0.392. The van der Waals surface area contributed by atoms with Crippen molar-refractivity contribution in [2.75, 3.05) is 0 Å². The predicted molar refractivity (Wildman–Crippen MR) is 70.1 cm³/mol. The van der Waals surface area contributed by atoms with Crippen LogP contribution in [0.2, 0.25) is 5.15 Å². The van der Waals surface area contributed by atoms with E-state index in [1.165, 1.54) is 0 Å². The highest BCUT2D eigenvalue weighted by Gasteiger charge is 2.05. The molecule has 0 aliphatic rings. The Labute approximate surface area is 111 Å². The molecule has 0 radical (unpaired) electrons. The third kappa shape index (κ3) is 3.40. The van der Waals surface area contributed by atoms with Gasteiger partial charge in [-0.25, -0.2) is 4.98 Å². The summed E-state index contributed by atoms with van der Waals surface area (Å²) in [6, 6.07) is 5.32. The summed E-state index contributed by atoms with van der Waals surface area (Å²) in [5.74, 6) is 1.78. The molecule has 2 heterocycles. The fourth-order valence-electron chi connectivity index (χ4n) is 1.46. The topological polar surface area (TPSA) is 47.9 Å². The lowest BCUT2D eigenvalue weighted by atomic mass is 10.3. The number of aryl methyl sites for hydroxylation is 2. The van der Waals surface area contributed by atoms with Crippen LogP contribution in [0.25, 0.3) is 0 Å². The second-order valence-corrected chi connectivity index (χ2v) is 4.32. The molecule has 0 aliphatic carbocycles. The number of halogens is 1. The number of ether oxygens (including phenoxy) is 1. The van der Waals surface area contributed by atoms with Gasteiger partial charge in [0.15, 0.2) is 0 Å². The van der Waals surface area contributed by atoms with E-state index in [4.69, 9.17) is 16.3 Å². The SMILES string of the molecule is CCCc1nc(Cl)cc(Oc2ccc(C)nc2)n1. The van der Waals surface area contributed by atoms with Gasteiger partial charge in [-0.15, -0.1) is 0 Å². The molecule has 0 bridgehead atoms. The summed E-state index contributed by atoms with van der Waals surface area (Å²) < 4.78 is 5.60. The highest BCUT2D eigenvalue weighted by atomic mass is 35.5. The number of pyridine rings is 1. The fraction of sp³-hybridized carbons (Fsp3) is 0.308. The van der Waals surface area contributed by atoms with Crippen molar-refractivity contribution in [2.24, 2.45) is 0 Å². The smallest absolute Gasteiger partial charge is 0.224 e. The molecule has 0 aliphatic heterocycles. The number of nitrogens with zero attached hydrogens (tertiary/aromatic N) is 3. The van der Waals surface area contributed by atoms with Gasteiger partial charge in [-0.2, -0.15) is 4.98 Å². The summed E-state index contributed by atoms with van der Waals surface area (Å²) in [5.41, 5.74) is 0.940. The molecule has 2 aromatic heterocycles. The van der Waals surface area contributed by atoms with Crippen LogP contribution in [0.1, 0.15) is 24.9 Å². The first kappa shape index (κ1) is 12.8. The Bertz CT molecular complexity index is 528. The zero-order valence-electron chi connectivity index (χ0n) is 10.4. The van der Waals surface area contributed by atoms with Gasteiger partial charge in [0.2, 0.25) is 5.88 Å². The highest BCUT2D eigenvalue weighted by molar-refractivity contribution is 6.29. The van der Waals surface area contributed by atoms with E-state index in [2.05, 4.69) is 21.9 Å². The first-order chi connectivity index (χ1) is 8.67. The van der Waals surface area contributed by atoms with Crippen molar-refractivity contribution in [2.45, 2.75) is 26.7 Å². The van der Waals surface area contributed by atoms with Crippen LogP contribution in [0.15, 0.2) is 24.4 Å². The lowest BCUT2D eigenvalue weighted by Gasteiger charge is -2.06. The van der Waals surface area contributed by atoms with Crippen LogP contribution in [-0.2, 0) is 6.42 Å². The molecule has 0 saturated carbocycles. The second kappa shape index (κ2) is 5.78. The predicted octanol–water partition coefficient (Wildman–Crippen LogP) is 3.58. The normalized spacial score (nSPS) is 10.4. The van der Waals surface area contributed by atoms with Crippen molar-refractivity contribution in [1.82, 2.24) is 15.0 Å². The minimum Gasteiger partial charge on any atom is -0.437 e. The minimum absolute atomic E-state index is 0.392. The molecule has 94 valence electrons. The van der Waals surface area contributed by atoms with E-state index in [1.54, 1.807) is 12.3 Å². The average molecular weight is 264 g/mol. The zero-order valence-corrected chi connectivity index (χ0v) is 11.1. The van der Waals surface area contributed by atoms with E-state index < -0.39 is 0 Å². The molecule has 0 atom stereocenters. The molecule has 0 spiro atoms. The molecule has 0 amide bonds. The van der Waals surface area contributed by atoms with Crippen LogP contribution in [-0.4, -0.2) is 15.0 Å². The summed E-state index contributed by atoms with van der Waals surface area (Å²) in [7, 11) is 0. The molecule has 2 rings (SSSR count). The lowest BCUT2D eigenvalue weighted by molar-refractivity contribution is 0.456. The van der Waals surface area contributed by atoms with Crippen molar-refractivity contribution >= 4 is 11.6 Å². The summed E-state index contributed by atoms with van der Waals surface area (Å²) in [4.78, 5) is 12.6. The second-order valence-electron chi connectivity index (χ2n) is 3.93. The first-order valence-corrected chi connectivity index (χ1v) is 6.19. The monoisotopic (exact) mass is 263 g/mol. The van der Waals surface area contributed by atoms with E-state index in [1.807, 2.05) is 19.1 Å². The molecule has 0 aromatic carbocycles. The van der Waals surface area contributed by atoms with Gasteiger partial charge in [-0.1, -0.05) is 18.5 Å². The number of hydrogen-bond donors (Lipinski definition) is 0. The van der Waals surface area contributed by atoms with E-state index >= 15 is 0 Å². The van der Waals surface area contributed by atoms with Crippen molar-refractivity contribution in [3.05, 3.63) is 41.1 Å². The maximum Gasteiger partial charge on any atom is 0.224 e. The lowest BCUT2D eigenvalue weighted by Crippen LogP contribution is -1.98. The highest BCUT2D eigenvalue weighted by Crippen LogP contribution is 2.21. The Kier molecular flexibility index (Phi) is 4.10. The Hall–Kier alpha value is -1.68. The number of hydrogen-bond acceptors (Lipinski definition) is 4. The van der Waals surface area contributed by atoms with E-state index in [9.17, 15) is 0 Å². The van der Waals surface area contributed by atoms with E-state index in [0.29, 0.717) is 22.6 Å². The Morgan fingerprint density at radius 3 is 2.78 bits per heavy atom. The molecular weight excluding hydrogens is 250 g/mol. The third-order valence-corrected chi connectivity index (χ3v) is 2.49. The summed E-state index contributed by atoms with van der Waals surface area (Å²) >= 11 is 5.93. The van der Waals surface area contributed by atoms with Crippen molar-refractivity contribution in [1.29, 1.82) is 0 Å². The number of aromatic nitrogens is 3. The van der Waals surface area contributed by atoms with Crippen LogP contribution in [0.3, 0.4) is 0 Å². The van der Waals surface area contributed by atoms with Gasteiger partial charge < -0.3 is 4.74 Å². The van der Waals surface area contributed by atoms with Crippen LogP contribution >= 0.6 is 11.6 Å². The standard InChI is InChI=1S/C13H14ClN3O/c1-3-4-12-16-11(14)7-13(17-12)18-10-6-5-9(2)15-8-10/h5-8H,3-4H2,1-2H3. The Balaban J connectivity index is 2.20. The molecular formula is C13H14ClN3O. The molecule has 0 fully saturated rings. The maximum absolute atomic E-state index is 5.93. The molecule has 0 saturated heterocycles. The summed E-state index contributed by atoms with van der Waals surface area (Å²) in [6.45, 7) is 3.99. The fourth-order valence-corrected chi connectivity index (χ4v) is 1.66. The van der Waals surface area contributed by atoms with E-state index in [-0.39, 0.29) is 0 Å². The molecule has 4 nitrogen and oxygen atoms in total. The van der Waals surface area contributed by atoms with Gasteiger partial charge >= 0.3 is 0 Å². The first-order valence-electron chi connectivity index (χ1n) is 5.81. The quantitative estimate of drug-likeness (QED) is 0.791. The maximum atomic E-state index is 5.93. The molecule has 18 heavy (non-hydrogen) atoms. The number of rotatable bonds is 4. The van der Waals surface area contributed by atoms with Gasteiger partial charge in [0.1, 0.15) is 16.7 Å². The van der Waals surface area contributed by atoms with Crippen molar-refractivity contribution < 1.29 is 4.74 Å². The van der Waals surface area contributed by atoms with Gasteiger partial charge in [-0.05, 0) is 25.5 Å². The molecule has 0 N–H and O–H groups in total. The zero-order chi connectivity index (χ0) is 13.0. The molecule has 2 aromatic rings. The largest absolute Gasteiger partial charge is 0.437 e. The van der Waals surface area contributed by atoms with Crippen LogP contribution in [0, 0.1) is 6.92 Å².